The minimum atomic E-state index is -1.10. The molecule has 2 aromatic carbocycles. The lowest BCUT2D eigenvalue weighted by Crippen LogP contribution is -2.13. The van der Waals surface area contributed by atoms with Crippen molar-refractivity contribution in [3.63, 3.8) is 0 Å². The summed E-state index contributed by atoms with van der Waals surface area (Å²) in [6, 6.07) is 16.7. The van der Waals surface area contributed by atoms with Crippen LogP contribution in [0, 0.1) is 0 Å². The second kappa shape index (κ2) is 7.14. The van der Waals surface area contributed by atoms with Crippen LogP contribution in [0.4, 0.5) is 0 Å². The van der Waals surface area contributed by atoms with E-state index in [1.54, 1.807) is 48.5 Å². The molecule has 0 aliphatic heterocycles. The van der Waals surface area contributed by atoms with Crippen molar-refractivity contribution in [2.75, 3.05) is 7.11 Å². The van der Waals surface area contributed by atoms with Crippen LogP contribution < -0.4 is 4.74 Å². The highest BCUT2D eigenvalue weighted by atomic mass is 16.5. The number of benzene rings is 2. The Bertz CT molecular complexity index is 942. The van der Waals surface area contributed by atoms with Gasteiger partial charge in [-0.2, -0.15) is 0 Å². The third-order valence-corrected chi connectivity index (χ3v) is 4.00. The fourth-order valence-corrected chi connectivity index (χ4v) is 2.78. The molecule has 0 saturated carbocycles. The first-order valence-electron chi connectivity index (χ1n) is 7.91. The maximum Gasteiger partial charge on any atom is 0.309 e. The third-order valence-electron chi connectivity index (χ3n) is 4.00. The van der Waals surface area contributed by atoms with Gasteiger partial charge in [-0.25, -0.2) is 0 Å². The highest BCUT2D eigenvalue weighted by Gasteiger charge is 2.23. The van der Waals surface area contributed by atoms with Gasteiger partial charge in [-0.3, -0.25) is 9.59 Å². The number of aliphatic carboxylic acids is 1. The monoisotopic (exact) mass is 351 g/mol. The predicted octanol–water partition coefficient (Wildman–Crippen LogP) is 3.05. The van der Waals surface area contributed by atoms with E-state index in [1.165, 1.54) is 17.7 Å². The molecule has 0 aliphatic rings. The van der Waals surface area contributed by atoms with Crippen LogP contribution in [-0.2, 0) is 11.2 Å². The van der Waals surface area contributed by atoms with Crippen LogP contribution in [0.15, 0.2) is 60.7 Å². The summed E-state index contributed by atoms with van der Waals surface area (Å²) < 4.78 is 6.58. The van der Waals surface area contributed by atoms with Crippen molar-refractivity contribution in [1.82, 2.24) is 4.57 Å². The molecular weight excluding hydrogens is 334 g/mol. The largest absolute Gasteiger partial charge is 0.506 e. The molecule has 6 heteroatoms. The molecule has 0 spiro atoms. The van der Waals surface area contributed by atoms with Crippen LogP contribution >= 0.6 is 0 Å². The summed E-state index contributed by atoms with van der Waals surface area (Å²) in [6.07, 6.45) is -0.406. The van der Waals surface area contributed by atoms with Gasteiger partial charge in [0.1, 0.15) is 11.5 Å². The zero-order valence-corrected chi connectivity index (χ0v) is 14.0. The number of hydrogen-bond donors (Lipinski definition) is 2. The number of carbonyl (C=O) groups excluding carboxylic acids is 1. The first-order valence-corrected chi connectivity index (χ1v) is 7.91. The average Bonchev–Trinajstić information content (AvgIpc) is 2.97. The third kappa shape index (κ3) is 3.30. The molecule has 0 amide bonds. The summed E-state index contributed by atoms with van der Waals surface area (Å²) in [5, 5.41) is 19.4. The van der Waals surface area contributed by atoms with E-state index < -0.39 is 12.4 Å². The van der Waals surface area contributed by atoms with Crippen LogP contribution in [-0.4, -0.2) is 33.6 Å². The quantitative estimate of drug-likeness (QED) is 0.666. The standard InChI is InChI=1S/C20H17NO5/c1-26-15-9-7-13(8-10-15)20(25)17-11-18(22)16(12-19(23)24)21(17)14-5-3-2-4-6-14/h2-11,22H,12H2,1H3,(H,23,24). The molecule has 0 fully saturated rings. The van der Waals surface area contributed by atoms with E-state index in [1.807, 2.05) is 6.07 Å². The summed E-state index contributed by atoms with van der Waals surface area (Å²) in [5.74, 6) is -1.04. The minimum absolute atomic E-state index is 0.153. The van der Waals surface area contributed by atoms with Crippen LogP contribution in [0.3, 0.4) is 0 Å². The number of carbonyl (C=O) groups is 2. The van der Waals surface area contributed by atoms with Crippen molar-refractivity contribution in [3.8, 4) is 17.2 Å². The van der Waals surface area contributed by atoms with Crippen molar-refractivity contribution >= 4 is 11.8 Å². The molecular formula is C20H17NO5. The lowest BCUT2D eigenvalue weighted by molar-refractivity contribution is -0.136. The Labute approximate surface area is 149 Å². The molecule has 0 aliphatic carbocycles. The highest BCUT2D eigenvalue weighted by Crippen LogP contribution is 2.29. The van der Waals surface area contributed by atoms with Gasteiger partial charge in [0, 0.05) is 17.3 Å². The molecule has 0 atom stereocenters. The summed E-state index contributed by atoms with van der Waals surface area (Å²) >= 11 is 0. The fourth-order valence-electron chi connectivity index (χ4n) is 2.78. The number of aromatic hydroxyl groups is 1. The maximum absolute atomic E-state index is 13.0. The zero-order chi connectivity index (χ0) is 18.7. The number of ketones is 1. The number of rotatable bonds is 6. The molecule has 3 rings (SSSR count). The Morgan fingerprint density at radius 1 is 1.04 bits per heavy atom. The number of carboxylic acid groups (broad SMARTS) is 1. The van der Waals surface area contributed by atoms with Crippen LogP contribution in [0.5, 0.6) is 11.5 Å². The number of nitrogens with zero attached hydrogens (tertiary/aromatic N) is 1. The van der Waals surface area contributed by atoms with E-state index >= 15 is 0 Å². The second-order valence-electron chi connectivity index (χ2n) is 5.66. The summed E-state index contributed by atoms with van der Waals surface area (Å²) in [7, 11) is 1.54. The maximum atomic E-state index is 13.0. The molecule has 1 aromatic heterocycles. The molecule has 2 N–H and O–H groups in total. The number of hydrogen-bond acceptors (Lipinski definition) is 4. The average molecular weight is 351 g/mol. The Balaban J connectivity index is 2.14. The number of aromatic nitrogens is 1. The van der Waals surface area contributed by atoms with E-state index in [-0.39, 0.29) is 22.9 Å². The fraction of sp³-hybridized carbons (Fsp3) is 0.100. The van der Waals surface area contributed by atoms with Crippen molar-refractivity contribution in [1.29, 1.82) is 0 Å². The molecule has 3 aromatic rings. The smallest absolute Gasteiger partial charge is 0.309 e. The number of ether oxygens (including phenoxy) is 1. The predicted molar refractivity (Wildman–Crippen MR) is 95.2 cm³/mol. The molecule has 1 heterocycles. The van der Waals surface area contributed by atoms with Gasteiger partial charge < -0.3 is 19.5 Å². The van der Waals surface area contributed by atoms with Gasteiger partial charge in [-0.15, -0.1) is 0 Å². The topological polar surface area (TPSA) is 88.8 Å². The Morgan fingerprint density at radius 2 is 1.69 bits per heavy atom. The summed E-state index contributed by atoms with van der Waals surface area (Å²) in [5.41, 5.74) is 1.35. The van der Waals surface area contributed by atoms with Crippen LogP contribution in [0.2, 0.25) is 0 Å². The Kier molecular flexibility index (Phi) is 4.75. The van der Waals surface area contributed by atoms with Gasteiger partial charge in [-0.05, 0) is 36.4 Å². The normalized spacial score (nSPS) is 10.5. The Morgan fingerprint density at radius 3 is 2.27 bits per heavy atom. The van der Waals surface area contributed by atoms with Crippen molar-refractivity contribution in [3.05, 3.63) is 77.6 Å². The molecule has 0 radical (unpaired) electrons. The number of methoxy groups -OCH3 is 1. The second-order valence-corrected chi connectivity index (χ2v) is 5.66. The van der Waals surface area contributed by atoms with Gasteiger partial charge in [0.15, 0.2) is 0 Å². The highest BCUT2D eigenvalue weighted by molar-refractivity contribution is 6.09. The van der Waals surface area contributed by atoms with E-state index in [2.05, 4.69) is 0 Å². The molecule has 0 saturated heterocycles. The van der Waals surface area contributed by atoms with Crippen molar-refractivity contribution < 1.29 is 24.5 Å². The summed E-state index contributed by atoms with van der Waals surface area (Å²) in [6.45, 7) is 0. The molecule has 6 nitrogen and oxygen atoms in total. The first kappa shape index (κ1) is 17.3. The number of carboxylic acids is 1. The van der Waals surface area contributed by atoms with E-state index in [0.717, 1.165) is 0 Å². The summed E-state index contributed by atoms with van der Waals surface area (Å²) in [4.78, 5) is 24.2. The number of para-hydroxylation sites is 1. The van der Waals surface area contributed by atoms with E-state index in [0.29, 0.717) is 17.0 Å². The van der Waals surface area contributed by atoms with Gasteiger partial charge in [0.05, 0.1) is 24.9 Å². The van der Waals surface area contributed by atoms with E-state index in [4.69, 9.17) is 9.84 Å². The van der Waals surface area contributed by atoms with Gasteiger partial charge >= 0.3 is 5.97 Å². The zero-order valence-electron chi connectivity index (χ0n) is 14.0. The van der Waals surface area contributed by atoms with Crippen LogP contribution in [0.1, 0.15) is 21.7 Å². The Hall–Kier alpha value is -3.54. The molecule has 0 unspecified atom stereocenters. The molecule has 26 heavy (non-hydrogen) atoms. The van der Waals surface area contributed by atoms with E-state index in [9.17, 15) is 14.7 Å². The van der Waals surface area contributed by atoms with Gasteiger partial charge in [0.2, 0.25) is 5.78 Å². The lowest BCUT2D eigenvalue weighted by atomic mass is 10.1. The lowest BCUT2D eigenvalue weighted by Gasteiger charge is -2.12. The molecule has 132 valence electrons. The SMILES string of the molecule is COc1ccc(C(=O)c2cc(O)c(CC(=O)O)n2-c2ccccc2)cc1. The minimum Gasteiger partial charge on any atom is -0.506 e. The first-order chi connectivity index (χ1) is 12.5. The van der Waals surface area contributed by atoms with Crippen LogP contribution in [0.25, 0.3) is 5.69 Å². The van der Waals surface area contributed by atoms with Crippen molar-refractivity contribution in [2.24, 2.45) is 0 Å². The van der Waals surface area contributed by atoms with Crippen molar-refractivity contribution in [2.45, 2.75) is 6.42 Å². The molecule has 0 bridgehead atoms. The van der Waals surface area contributed by atoms with Gasteiger partial charge in [0.25, 0.3) is 0 Å². The van der Waals surface area contributed by atoms with Gasteiger partial charge in [-0.1, -0.05) is 18.2 Å².